The van der Waals surface area contributed by atoms with Gasteiger partial charge < -0.3 is 0 Å². The van der Waals surface area contributed by atoms with Gasteiger partial charge in [0, 0.05) is 5.39 Å². The van der Waals surface area contributed by atoms with E-state index >= 15 is 0 Å². The summed E-state index contributed by atoms with van der Waals surface area (Å²) in [5, 5.41) is 5.30. The van der Waals surface area contributed by atoms with Crippen molar-refractivity contribution in [2.75, 3.05) is 0 Å². The Labute approximate surface area is 147 Å². The average molecular weight is 343 g/mol. The number of carbonyl (C=O) groups excluding carboxylic acids is 2. The first kappa shape index (κ1) is 14.7. The second-order valence-electron chi connectivity index (χ2n) is 6.20. The average Bonchev–Trinajstić information content (AvgIpc) is 3.22. The van der Waals surface area contributed by atoms with Crippen LogP contribution in [0.1, 0.15) is 39.5 Å². The minimum absolute atomic E-state index is 0.320. The molecule has 5 rings (SSSR count). The van der Waals surface area contributed by atoms with Crippen LogP contribution in [0, 0.1) is 0 Å². The van der Waals surface area contributed by atoms with Gasteiger partial charge in [-0.3, -0.25) is 14.5 Å². The minimum atomic E-state index is -0.582. The van der Waals surface area contributed by atoms with Crippen LogP contribution in [0.3, 0.4) is 0 Å². The van der Waals surface area contributed by atoms with Crippen molar-refractivity contribution >= 4 is 28.4 Å². The molecule has 0 unspecified atom stereocenters. The highest BCUT2D eigenvalue weighted by atomic mass is 16.2. The number of aromatic nitrogens is 4. The third-order valence-electron chi connectivity index (χ3n) is 4.69. The Morgan fingerprint density at radius 3 is 2.31 bits per heavy atom. The fraction of sp³-hybridized carbons (Fsp3) is 0.105. The smallest absolute Gasteiger partial charge is 0.262 e. The number of rotatable bonds is 2. The number of para-hydroxylation sites is 1. The molecule has 7 nitrogen and oxygen atoms in total. The first-order valence-electron chi connectivity index (χ1n) is 8.22. The van der Waals surface area contributed by atoms with Gasteiger partial charge in [0.05, 0.1) is 22.7 Å². The predicted octanol–water partition coefficient (Wildman–Crippen LogP) is 2.63. The lowest BCUT2D eigenvalue weighted by molar-refractivity contribution is 0.0589. The molecule has 2 amide bonds. The van der Waals surface area contributed by atoms with Crippen LogP contribution in [0.2, 0.25) is 0 Å². The highest BCUT2D eigenvalue weighted by Gasteiger charge is 2.40. The van der Waals surface area contributed by atoms with Gasteiger partial charge in [-0.2, -0.15) is 0 Å². The van der Waals surface area contributed by atoms with Gasteiger partial charge in [-0.15, -0.1) is 5.10 Å². The molecule has 0 saturated heterocycles. The molecule has 2 aromatic carbocycles. The van der Waals surface area contributed by atoms with E-state index in [0.717, 1.165) is 10.9 Å². The molecule has 0 spiro atoms. The van der Waals surface area contributed by atoms with E-state index in [4.69, 9.17) is 0 Å². The van der Waals surface area contributed by atoms with E-state index in [1.165, 1.54) is 4.90 Å². The van der Waals surface area contributed by atoms with E-state index in [2.05, 4.69) is 15.1 Å². The highest BCUT2D eigenvalue weighted by Crippen LogP contribution is 2.30. The maximum Gasteiger partial charge on any atom is 0.262 e. The minimum Gasteiger partial charge on any atom is -0.269 e. The molecule has 3 heterocycles. The summed E-state index contributed by atoms with van der Waals surface area (Å²) < 4.78 is 1.58. The van der Waals surface area contributed by atoms with E-state index in [1.54, 1.807) is 42.0 Å². The molecule has 0 fully saturated rings. The molecule has 0 aliphatic carbocycles. The quantitative estimate of drug-likeness (QED) is 0.523. The summed E-state index contributed by atoms with van der Waals surface area (Å²) in [6, 6.07) is 13.9. The topological polar surface area (TPSA) is 80.5 Å². The van der Waals surface area contributed by atoms with Crippen molar-refractivity contribution in [1.82, 2.24) is 24.5 Å². The van der Waals surface area contributed by atoms with Crippen molar-refractivity contribution in [2.24, 2.45) is 0 Å². The predicted molar refractivity (Wildman–Crippen MR) is 93.6 cm³/mol. The van der Waals surface area contributed by atoms with Crippen molar-refractivity contribution in [2.45, 2.75) is 13.0 Å². The van der Waals surface area contributed by atoms with Crippen molar-refractivity contribution < 1.29 is 9.59 Å². The lowest BCUT2D eigenvalue weighted by Crippen LogP contribution is -2.33. The van der Waals surface area contributed by atoms with Crippen LogP contribution >= 0.6 is 0 Å². The Morgan fingerprint density at radius 1 is 0.923 bits per heavy atom. The SMILES string of the molecule is C[C@@H](c1nc2c3ccccc3ncn2n1)N1C(=O)c2ccccc2C1=O. The van der Waals surface area contributed by atoms with Crippen molar-refractivity contribution in [3.8, 4) is 0 Å². The lowest BCUT2D eigenvalue weighted by atomic mass is 10.1. The van der Waals surface area contributed by atoms with E-state index in [1.807, 2.05) is 24.3 Å². The zero-order valence-corrected chi connectivity index (χ0v) is 13.8. The van der Waals surface area contributed by atoms with Crippen LogP contribution in [-0.2, 0) is 0 Å². The Bertz CT molecular complexity index is 1180. The molecular formula is C19H13N5O2. The van der Waals surface area contributed by atoms with Gasteiger partial charge in [0.25, 0.3) is 11.8 Å². The normalized spacial score (nSPS) is 15.0. The van der Waals surface area contributed by atoms with Gasteiger partial charge in [-0.1, -0.05) is 24.3 Å². The molecule has 26 heavy (non-hydrogen) atoms. The number of nitrogens with zero attached hydrogens (tertiary/aromatic N) is 5. The van der Waals surface area contributed by atoms with Crippen LogP contribution in [-0.4, -0.2) is 36.3 Å². The van der Waals surface area contributed by atoms with Gasteiger partial charge in [-0.05, 0) is 31.2 Å². The summed E-state index contributed by atoms with van der Waals surface area (Å²) in [5.41, 5.74) is 2.29. The fourth-order valence-electron chi connectivity index (χ4n) is 3.35. The van der Waals surface area contributed by atoms with E-state index in [-0.39, 0.29) is 11.8 Å². The molecule has 1 aliphatic rings. The highest BCUT2D eigenvalue weighted by molar-refractivity contribution is 6.21. The zero-order chi connectivity index (χ0) is 17.8. The largest absolute Gasteiger partial charge is 0.269 e. The van der Waals surface area contributed by atoms with Gasteiger partial charge in [-0.25, -0.2) is 14.5 Å². The van der Waals surface area contributed by atoms with E-state index < -0.39 is 6.04 Å². The molecule has 0 N–H and O–H groups in total. The summed E-state index contributed by atoms with van der Waals surface area (Å²) in [6.07, 6.45) is 1.59. The molecule has 0 bridgehead atoms. The van der Waals surface area contributed by atoms with Crippen LogP contribution in [0.5, 0.6) is 0 Å². The molecule has 2 aromatic heterocycles. The third-order valence-corrected chi connectivity index (χ3v) is 4.69. The van der Waals surface area contributed by atoms with Gasteiger partial charge in [0.2, 0.25) is 0 Å². The maximum atomic E-state index is 12.7. The summed E-state index contributed by atoms with van der Waals surface area (Å²) >= 11 is 0. The van der Waals surface area contributed by atoms with Gasteiger partial charge in [0.1, 0.15) is 6.33 Å². The van der Waals surface area contributed by atoms with Gasteiger partial charge in [0.15, 0.2) is 11.5 Å². The van der Waals surface area contributed by atoms with E-state index in [9.17, 15) is 9.59 Å². The summed E-state index contributed by atoms with van der Waals surface area (Å²) in [4.78, 5) is 35.5. The molecule has 0 radical (unpaired) electrons. The summed E-state index contributed by atoms with van der Waals surface area (Å²) in [5.74, 6) is -0.238. The lowest BCUT2D eigenvalue weighted by Gasteiger charge is -2.19. The molecule has 7 heteroatoms. The Morgan fingerprint density at radius 2 is 1.58 bits per heavy atom. The number of amides is 2. The fourth-order valence-corrected chi connectivity index (χ4v) is 3.35. The van der Waals surface area contributed by atoms with Gasteiger partial charge >= 0.3 is 0 Å². The molecular weight excluding hydrogens is 330 g/mol. The van der Waals surface area contributed by atoms with Crippen molar-refractivity contribution in [3.63, 3.8) is 0 Å². The number of hydrogen-bond donors (Lipinski definition) is 0. The zero-order valence-electron chi connectivity index (χ0n) is 13.8. The van der Waals surface area contributed by atoms with Crippen LogP contribution in [0.15, 0.2) is 54.9 Å². The first-order chi connectivity index (χ1) is 12.6. The van der Waals surface area contributed by atoms with Crippen molar-refractivity contribution in [3.05, 3.63) is 71.8 Å². The summed E-state index contributed by atoms with van der Waals surface area (Å²) in [6.45, 7) is 1.76. The third kappa shape index (κ3) is 1.91. The van der Waals surface area contributed by atoms with Crippen molar-refractivity contribution in [1.29, 1.82) is 0 Å². The molecule has 126 valence electrons. The number of fused-ring (bicyclic) bond motifs is 4. The van der Waals surface area contributed by atoms with Crippen LogP contribution in [0.25, 0.3) is 16.6 Å². The maximum absolute atomic E-state index is 12.7. The molecule has 4 aromatic rings. The summed E-state index contributed by atoms with van der Waals surface area (Å²) in [7, 11) is 0. The first-order valence-corrected chi connectivity index (χ1v) is 8.22. The number of imide groups is 1. The number of carbonyl (C=O) groups is 2. The Balaban J connectivity index is 1.61. The monoisotopic (exact) mass is 343 g/mol. The molecule has 0 saturated carbocycles. The molecule has 1 aliphatic heterocycles. The number of benzene rings is 2. The Hall–Kier alpha value is -3.61. The standard InChI is InChI=1S/C19H13N5O2/c1-11(24-18(25)12-6-2-3-7-13(12)19(24)26)16-21-17-14-8-4-5-9-15(14)20-10-23(17)22-16/h2-11H,1H3/t11-/m0/s1. The second kappa shape index (κ2) is 5.19. The Kier molecular flexibility index (Phi) is 2.94. The van der Waals surface area contributed by atoms with Crippen LogP contribution < -0.4 is 0 Å². The molecule has 1 atom stereocenters. The van der Waals surface area contributed by atoms with E-state index in [0.29, 0.717) is 22.6 Å². The second-order valence-corrected chi connectivity index (χ2v) is 6.20. The van der Waals surface area contributed by atoms with Crippen LogP contribution in [0.4, 0.5) is 0 Å². The number of hydrogen-bond acceptors (Lipinski definition) is 5.